The standard InChI is InChI=1S/C25H25N2O8P/c1-17-3-2-4-21(13-17)23(14-24(28)29)26(25(30)20-9-11-22(12-10-20)27(31)32)15-18-5-7-19(8-6-18)16-36(33,34)35/h2-13,23H,14-16H2,1H3,(H,28,29)(H2,33,34,35). The molecule has 0 radical (unpaired) electrons. The van der Waals surface area contributed by atoms with E-state index < -0.39 is 36.6 Å². The van der Waals surface area contributed by atoms with Crippen molar-refractivity contribution < 1.29 is 34.0 Å². The Morgan fingerprint density at radius 2 is 1.61 bits per heavy atom. The smallest absolute Gasteiger partial charge is 0.329 e. The maximum atomic E-state index is 13.6. The van der Waals surface area contributed by atoms with Gasteiger partial charge in [0.2, 0.25) is 0 Å². The van der Waals surface area contributed by atoms with E-state index in [-0.39, 0.29) is 24.2 Å². The van der Waals surface area contributed by atoms with Gasteiger partial charge in [-0.25, -0.2) is 0 Å². The third-order valence-electron chi connectivity index (χ3n) is 5.52. The van der Waals surface area contributed by atoms with Crippen molar-refractivity contribution in [3.8, 4) is 0 Å². The second kappa shape index (κ2) is 11.3. The lowest BCUT2D eigenvalue weighted by Gasteiger charge is -2.32. The SMILES string of the molecule is Cc1cccc(C(CC(=O)O)N(Cc2ccc(CP(=O)(O)O)cc2)C(=O)c2ccc([N+](=O)[O-])cc2)c1. The normalized spacial score (nSPS) is 12.1. The van der Waals surface area contributed by atoms with Gasteiger partial charge in [-0.05, 0) is 35.7 Å². The van der Waals surface area contributed by atoms with Crippen LogP contribution in [0, 0.1) is 17.0 Å². The number of carbonyl (C=O) groups excluding carboxylic acids is 1. The molecule has 0 saturated carbocycles. The van der Waals surface area contributed by atoms with E-state index >= 15 is 0 Å². The maximum absolute atomic E-state index is 13.6. The fourth-order valence-electron chi connectivity index (χ4n) is 3.85. The van der Waals surface area contributed by atoms with Gasteiger partial charge in [-0.15, -0.1) is 0 Å². The number of amides is 1. The van der Waals surface area contributed by atoms with Crippen molar-refractivity contribution in [3.63, 3.8) is 0 Å². The largest absolute Gasteiger partial charge is 0.481 e. The molecule has 1 atom stereocenters. The molecule has 0 spiro atoms. The van der Waals surface area contributed by atoms with Crippen LogP contribution in [-0.4, -0.2) is 36.6 Å². The summed E-state index contributed by atoms with van der Waals surface area (Å²) in [5.74, 6) is -1.63. The van der Waals surface area contributed by atoms with Crippen molar-refractivity contribution in [3.05, 3.63) is 111 Å². The molecule has 0 bridgehead atoms. The summed E-state index contributed by atoms with van der Waals surface area (Å²) >= 11 is 0. The Bertz CT molecular complexity index is 1300. The van der Waals surface area contributed by atoms with Gasteiger partial charge in [0.25, 0.3) is 11.6 Å². The molecule has 3 aromatic carbocycles. The maximum Gasteiger partial charge on any atom is 0.329 e. The van der Waals surface area contributed by atoms with Crippen LogP contribution in [0.3, 0.4) is 0 Å². The van der Waals surface area contributed by atoms with E-state index in [1.807, 2.05) is 13.0 Å². The van der Waals surface area contributed by atoms with Crippen LogP contribution in [0.1, 0.15) is 45.1 Å². The molecule has 3 aromatic rings. The van der Waals surface area contributed by atoms with Gasteiger partial charge < -0.3 is 19.8 Å². The molecule has 0 aliphatic carbocycles. The zero-order valence-corrected chi connectivity index (χ0v) is 20.2. The van der Waals surface area contributed by atoms with Crippen LogP contribution in [0.15, 0.2) is 72.8 Å². The lowest BCUT2D eigenvalue weighted by atomic mass is 9.98. The number of benzene rings is 3. The summed E-state index contributed by atoms with van der Waals surface area (Å²) in [6.45, 7) is 1.85. The summed E-state index contributed by atoms with van der Waals surface area (Å²) in [5.41, 5.74) is 2.50. The second-order valence-corrected chi connectivity index (χ2v) is 10.0. The van der Waals surface area contributed by atoms with Gasteiger partial charge in [-0.3, -0.25) is 24.3 Å². The Kier molecular flexibility index (Phi) is 8.37. The summed E-state index contributed by atoms with van der Waals surface area (Å²) < 4.78 is 11.3. The van der Waals surface area contributed by atoms with E-state index in [0.29, 0.717) is 16.7 Å². The van der Waals surface area contributed by atoms with E-state index in [2.05, 4.69) is 0 Å². The number of carboxylic acids is 1. The van der Waals surface area contributed by atoms with Crippen molar-refractivity contribution in [2.75, 3.05) is 0 Å². The lowest BCUT2D eigenvalue weighted by molar-refractivity contribution is -0.384. The predicted molar refractivity (Wildman–Crippen MR) is 131 cm³/mol. The quantitative estimate of drug-likeness (QED) is 0.204. The average Bonchev–Trinajstić information content (AvgIpc) is 2.81. The molecule has 0 saturated heterocycles. The van der Waals surface area contributed by atoms with E-state index in [1.165, 1.54) is 29.2 Å². The van der Waals surface area contributed by atoms with Crippen molar-refractivity contribution in [1.82, 2.24) is 4.90 Å². The van der Waals surface area contributed by atoms with Crippen molar-refractivity contribution in [1.29, 1.82) is 0 Å². The van der Waals surface area contributed by atoms with E-state index in [4.69, 9.17) is 0 Å². The number of non-ortho nitro benzene ring substituents is 1. The highest BCUT2D eigenvalue weighted by Crippen LogP contribution is 2.39. The Hall–Kier alpha value is -3.85. The van der Waals surface area contributed by atoms with Crippen LogP contribution >= 0.6 is 7.60 Å². The Morgan fingerprint density at radius 1 is 1.00 bits per heavy atom. The predicted octanol–water partition coefficient (Wildman–Crippen LogP) is 4.44. The molecule has 10 nitrogen and oxygen atoms in total. The number of aryl methyl sites for hydroxylation is 1. The molecule has 3 N–H and O–H groups in total. The summed E-state index contributed by atoms with van der Waals surface area (Å²) in [7, 11) is -4.25. The molecule has 188 valence electrons. The number of carbonyl (C=O) groups is 2. The first-order valence-corrected chi connectivity index (χ1v) is 12.7. The van der Waals surface area contributed by atoms with Gasteiger partial charge in [0, 0.05) is 24.2 Å². The van der Waals surface area contributed by atoms with Crippen LogP contribution in [0.4, 0.5) is 5.69 Å². The van der Waals surface area contributed by atoms with Crippen molar-refractivity contribution in [2.24, 2.45) is 0 Å². The Balaban J connectivity index is 2.02. The molecule has 1 unspecified atom stereocenters. The monoisotopic (exact) mass is 512 g/mol. The average molecular weight is 512 g/mol. The van der Waals surface area contributed by atoms with E-state index in [0.717, 1.165) is 5.56 Å². The zero-order chi connectivity index (χ0) is 26.5. The summed E-state index contributed by atoms with van der Waals surface area (Å²) in [6, 6.07) is 17.7. The van der Waals surface area contributed by atoms with Crippen LogP contribution in [-0.2, 0) is 22.1 Å². The highest BCUT2D eigenvalue weighted by molar-refractivity contribution is 7.50. The van der Waals surface area contributed by atoms with Gasteiger partial charge in [0.1, 0.15) is 0 Å². The van der Waals surface area contributed by atoms with Crippen molar-refractivity contribution >= 4 is 25.2 Å². The molecule has 3 rings (SSSR count). The van der Waals surface area contributed by atoms with E-state index in [1.54, 1.807) is 42.5 Å². The molecular weight excluding hydrogens is 487 g/mol. The fourth-order valence-corrected chi connectivity index (χ4v) is 4.54. The number of hydrogen-bond acceptors (Lipinski definition) is 5. The van der Waals surface area contributed by atoms with Crippen molar-refractivity contribution in [2.45, 2.75) is 32.1 Å². The Morgan fingerprint density at radius 3 is 2.14 bits per heavy atom. The first kappa shape index (κ1) is 26.7. The lowest BCUT2D eigenvalue weighted by Crippen LogP contribution is -2.35. The molecule has 0 aliphatic rings. The fraction of sp³-hybridized carbons (Fsp3) is 0.200. The number of nitro benzene ring substituents is 1. The van der Waals surface area contributed by atoms with Crippen LogP contribution in [0.25, 0.3) is 0 Å². The van der Waals surface area contributed by atoms with Gasteiger partial charge in [0.15, 0.2) is 0 Å². The third kappa shape index (κ3) is 7.32. The minimum absolute atomic E-state index is 0.00208. The summed E-state index contributed by atoms with van der Waals surface area (Å²) in [5, 5.41) is 20.7. The first-order valence-electron chi connectivity index (χ1n) is 10.9. The minimum atomic E-state index is -4.25. The number of rotatable bonds is 10. The van der Waals surface area contributed by atoms with Gasteiger partial charge in [0.05, 0.1) is 23.5 Å². The molecule has 1 amide bonds. The molecule has 0 aliphatic heterocycles. The third-order valence-corrected chi connectivity index (χ3v) is 6.30. The topological polar surface area (TPSA) is 158 Å². The summed E-state index contributed by atoms with van der Waals surface area (Å²) in [4.78, 5) is 55.7. The van der Waals surface area contributed by atoms with Crippen LogP contribution in [0.2, 0.25) is 0 Å². The number of carboxylic acid groups (broad SMARTS) is 1. The van der Waals surface area contributed by atoms with Gasteiger partial charge in [-0.1, -0.05) is 54.1 Å². The highest BCUT2D eigenvalue weighted by Gasteiger charge is 2.29. The molecule has 0 fully saturated rings. The number of nitrogens with zero attached hydrogens (tertiary/aromatic N) is 2. The molecular formula is C25H25N2O8P. The van der Waals surface area contributed by atoms with Gasteiger partial charge >= 0.3 is 13.6 Å². The summed E-state index contributed by atoms with van der Waals surface area (Å²) in [6.07, 6.45) is -0.803. The van der Waals surface area contributed by atoms with E-state index in [9.17, 15) is 39.2 Å². The molecule has 0 aromatic heterocycles. The number of hydrogen-bond donors (Lipinski definition) is 3. The number of aliphatic carboxylic acids is 1. The number of nitro groups is 1. The van der Waals surface area contributed by atoms with Gasteiger partial charge in [-0.2, -0.15) is 0 Å². The van der Waals surface area contributed by atoms with Crippen LogP contribution in [0.5, 0.6) is 0 Å². The molecule has 36 heavy (non-hydrogen) atoms. The Labute approximate surface area is 207 Å². The highest BCUT2D eigenvalue weighted by atomic mass is 31.2. The second-order valence-electron chi connectivity index (χ2n) is 8.40. The zero-order valence-electron chi connectivity index (χ0n) is 19.4. The molecule has 0 heterocycles. The first-order chi connectivity index (χ1) is 16.9. The molecule has 11 heteroatoms. The minimum Gasteiger partial charge on any atom is -0.481 e. The van der Waals surface area contributed by atoms with Crippen LogP contribution < -0.4 is 0 Å².